The summed E-state index contributed by atoms with van der Waals surface area (Å²) in [6.45, 7) is 4.65. The summed E-state index contributed by atoms with van der Waals surface area (Å²) in [6.07, 6.45) is 0. The van der Waals surface area contributed by atoms with Crippen molar-refractivity contribution < 1.29 is 4.74 Å². The van der Waals surface area contributed by atoms with Crippen molar-refractivity contribution >= 4 is 42.4 Å². The zero-order chi connectivity index (χ0) is 11.5. The van der Waals surface area contributed by atoms with Gasteiger partial charge in [-0.15, -0.1) is 24.8 Å². The van der Waals surface area contributed by atoms with Gasteiger partial charge in [0.1, 0.15) is 12.4 Å². The van der Waals surface area contributed by atoms with Crippen molar-refractivity contribution in [3.05, 3.63) is 17.7 Å². The molecule has 1 saturated heterocycles. The van der Waals surface area contributed by atoms with Gasteiger partial charge in [-0.25, -0.2) is 0 Å². The summed E-state index contributed by atoms with van der Waals surface area (Å²) in [4.78, 5) is 7.00. The molecule has 108 valence electrons. The van der Waals surface area contributed by atoms with E-state index in [1.54, 1.807) is 0 Å². The third-order valence-corrected chi connectivity index (χ3v) is 4.04. The molecule has 0 saturated carbocycles. The Bertz CT molecular complexity index is 403. The first-order valence-corrected chi connectivity index (χ1v) is 7.25. The number of hydrogen-bond donors (Lipinski definition) is 1. The molecule has 1 aromatic heterocycles. The Morgan fingerprint density at radius 1 is 1.21 bits per heavy atom. The number of fused-ring (bicyclic) bond motifs is 1. The summed E-state index contributed by atoms with van der Waals surface area (Å²) in [7, 11) is 0. The average molecular weight is 324 g/mol. The van der Waals surface area contributed by atoms with Gasteiger partial charge in [-0.3, -0.25) is 0 Å². The van der Waals surface area contributed by atoms with Gasteiger partial charge < -0.3 is 15.0 Å². The molecule has 4 nitrogen and oxygen atoms in total. The number of nitrogens with one attached hydrogen (secondary N) is 1. The smallest absolute Gasteiger partial charge is 0.219 e. The topological polar surface area (TPSA) is 37.4 Å². The van der Waals surface area contributed by atoms with E-state index in [1.807, 2.05) is 11.8 Å². The molecule has 1 N–H and O–H groups in total. The predicted molar refractivity (Wildman–Crippen MR) is 85.5 cm³/mol. The van der Waals surface area contributed by atoms with Gasteiger partial charge in [-0.05, 0) is 12.1 Å². The molecule has 0 unspecified atom stereocenters. The van der Waals surface area contributed by atoms with Crippen molar-refractivity contribution in [1.82, 2.24) is 10.3 Å². The van der Waals surface area contributed by atoms with E-state index in [9.17, 15) is 0 Å². The Hall–Kier alpha value is -0.360. The van der Waals surface area contributed by atoms with Crippen LogP contribution >= 0.6 is 36.6 Å². The van der Waals surface area contributed by atoms with Crippen molar-refractivity contribution in [3.63, 3.8) is 0 Å². The SMILES string of the molecule is Cl.Cl.c1cc2c(nc1N1CCSCC1)OCCNC2. The van der Waals surface area contributed by atoms with E-state index in [0.717, 1.165) is 43.4 Å². The molecular formula is C12H19Cl2N3OS. The van der Waals surface area contributed by atoms with Crippen LogP contribution < -0.4 is 15.0 Å². The van der Waals surface area contributed by atoms with Crippen LogP contribution in [0.25, 0.3) is 0 Å². The Morgan fingerprint density at radius 2 is 2.00 bits per heavy atom. The summed E-state index contributed by atoms with van der Waals surface area (Å²) in [6, 6.07) is 4.25. The van der Waals surface area contributed by atoms with Crippen LogP contribution in [0.15, 0.2) is 12.1 Å². The van der Waals surface area contributed by atoms with Crippen LogP contribution in [-0.4, -0.2) is 42.7 Å². The minimum atomic E-state index is 0. The van der Waals surface area contributed by atoms with Gasteiger partial charge in [-0.2, -0.15) is 16.7 Å². The molecular weight excluding hydrogens is 305 g/mol. The van der Waals surface area contributed by atoms with Crippen LogP contribution in [0.5, 0.6) is 5.88 Å². The van der Waals surface area contributed by atoms with Crippen molar-refractivity contribution in [2.45, 2.75) is 6.54 Å². The van der Waals surface area contributed by atoms with E-state index in [2.05, 4.69) is 27.3 Å². The minimum Gasteiger partial charge on any atom is -0.476 e. The average Bonchev–Trinajstić information content (AvgIpc) is 2.64. The summed E-state index contributed by atoms with van der Waals surface area (Å²) in [5.41, 5.74) is 1.16. The second kappa shape index (κ2) is 8.04. The maximum atomic E-state index is 5.67. The fourth-order valence-corrected chi connectivity index (χ4v) is 3.03. The van der Waals surface area contributed by atoms with Crippen LogP contribution in [-0.2, 0) is 6.54 Å². The van der Waals surface area contributed by atoms with Crippen molar-refractivity contribution in [1.29, 1.82) is 0 Å². The first kappa shape index (κ1) is 16.7. The van der Waals surface area contributed by atoms with Gasteiger partial charge in [0.15, 0.2) is 0 Å². The highest BCUT2D eigenvalue weighted by atomic mass is 35.5. The Balaban J connectivity index is 0.000000902. The van der Waals surface area contributed by atoms with Crippen LogP contribution in [0, 0.1) is 0 Å². The second-order valence-corrected chi connectivity index (χ2v) is 5.48. The number of pyridine rings is 1. The molecule has 3 heterocycles. The first-order valence-electron chi connectivity index (χ1n) is 6.09. The summed E-state index contributed by atoms with van der Waals surface area (Å²) < 4.78 is 5.67. The number of halogens is 2. The van der Waals surface area contributed by atoms with E-state index in [0.29, 0.717) is 6.61 Å². The fraction of sp³-hybridized carbons (Fsp3) is 0.583. The molecule has 0 bridgehead atoms. The van der Waals surface area contributed by atoms with E-state index in [-0.39, 0.29) is 24.8 Å². The number of nitrogens with zero attached hydrogens (tertiary/aromatic N) is 2. The lowest BCUT2D eigenvalue weighted by atomic mass is 10.2. The zero-order valence-corrected chi connectivity index (χ0v) is 13.1. The number of hydrogen-bond acceptors (Lipinski definition) is 5. The number of thioether (sulfide) groups is 1. The molecule has 2 aliphatic rings. The van der Waals surface area contributed by atoms with E-state index >= 15 is 0 Å². The fourth-order valence-electron chi connectivity index (χ4n) is 2.13. The monoisotopic (exact) mass is 323 g/mol. The largest absolute Gasteiger partial charge is 0.476 e. The Labute approximate surface area is 130 Å². The highest BCUT2D eigenvalue weighted by Crippen LogP contribution is 2.24. The van der Waals surface area contributed by atoms with E-state index in [4.69, 9.17) is 4.74 Å². The first-order chi connectivity index (χ1) is 8.43. The molecule has 0 aromatic carbocycles. The molecule has 0 aliphatic carbocycles. The van der Waals surface area contributed by atoms with Gasteiger partial charge >= 0.3 is 0 Å². The minimum absolute atomic E-state index is 0. The van der Waals surface area contributed by atoms with Crippen molar-refractivity contribution in [2.24, 2.45) is 0 Å². The van der Waals surface area contributed by atoms with Gasteiger partial charge in [0.2, 0.25) is 5.88 Å². The van der Waals surface area contributed by atoms with Gasteiger partial charge in [0.25, 0.3) is 0 Å². The molecule has 19 heavy (non-hydrogen) atoms. The highest BCUT2D eigenvalue weighted by Gasteiger charge is 2.16. The van der Waals surface area contributed by atoms with E-state index < -0.39 is 0 Å². The van der Waals surface area contributed by atoms with Gasteiger partial charge in [0.05, 0.1) is 0 Å². The molecule has 1 fully saturated rings. The van der Waals surface area contributed by atoms with Crippen LogP contribution in [0.4, 0.5) is 5.82 Å². The summed E-state index contributed by atoms with van der Waals surface area (Å²) in [5, 5.41) is 3.32. The van der Waals surface area contributed by atoms with Gasteiger partial charge in [-0.1, -0.05) is 0 Å². The molecule has 3 rings (SSSR count). The molecule has 0 spiro atoms. The lowest BCUT2D eigenvalue weighted by molar-refractivity contribution is 0.314. The van der Waals surface area contributed by atoms with Crippen LogP contribution in [0.3, 0.4) is 0 Å². The third kappa shape index (κ3) is 4.05. The standard InChI is InChI=1S/C12H17N3OS.2ClH/c1-2-11(15-4-7-17-8-5-15)14-12-10(1)9-13-3-6-16-12;;/h1-2,13H,3-9H2;2*1H. The predicted octanol–water partition coefficient (Wildman–Crippen LogP) is 1.96. The molecule has 0 radical (unpaired) electrons. The Kier molecular flexibility index (Phi) is 7.07. The summed E-state index contributed by atoms with van der Waals surface area (Å²) >= 11 is 2.01. The number of ether oxygens (including phenoxy) is 1. The van der Waals surface area contributed by atoms with Crippen LogP contribution in [0.1, 0.15) is 5.56 Å². The lowest BCUT2D eigenvalue weighted by Gasteiger charge is -2.27. The molecule has 0 atom stereocenters. The molecule has 7 heteroatoms. The highest BCUT2D eigenvalue weighted by molar-refractivity contribution is 7.99. The van der Waals surface area contributed by atoms with Crippen LogP contribution in [0.2, 0.25) is 0 Å². The number of aromatic nitrogens is 1. The normalized spacial score (nSPS) is 18.2. The number of rotatable bonds is 1. The second-order valence-electron chi connectivity index (χ2n) is 4.26. The quantitative estimate of drug-likeness (QED) is 0.855. The maximum Gasteiger partial charge on any atom is 0.219 e. The van der Waals surface area contributed by atoms with Crippen molar-refractivity contribution in [3.8, 4) is 5.88 Å². The third-order valence-electron chi connectivity index (χ3n) is 3.09. The summed E-state index contributed by atoms with van der Waals surface area (Å²) in [5.74, 6) is 4.26. The lowest BCUT2D eigenvalue weighted by Crippen LogP contribution is -2.33. The van der Waals surface area contributed by atoms with Gasteiger partial charge in [0, 0.05) is 43.2 Å². The maximum absolute atomic E-state index is 5.67. The Morgan fingerprint density at radius 3 is 2.79 bits per heavy atom. The van der Waals surface area contributed by atoms with E-state index in [1.165, 1.54) is 11.5 Å². The zero-order valence-electron chi connectivity index (χ0n) is 10.6. The number of anilines is 1. The molecule has 2 aliphatic heterocycles. The molecule has 1 aromatic rings. The van der Waals surface area contributed by atoms with Crippen molar-refractivity contribution in [2.75, 3.05) is 42.6 Å². The molecule has 0 amide bonds.